The number of hydrogen-bond donors (Lipinski definition) is 0. The third kappa shape index (κ3) is 3.94. The summed E-state index contributed by atoms with van der Waals surface area (Å²) in [4.78, 5) is 2.48. The van der Waals surface area contributed by atoms with Gasteiger partial charge in [0.1, 0.15) is 0 Å². The minimum atomic E-state index is -0.313. The molecule has 4 rings (SSSR count). The van der Waals surface area contributed by atoms with E-state index in [0.717, 1.165) is 31.6 Å². The van der Waals surface area contributed by atoms with E-state index in [1.54, 1.807) is 0 Å². The van der Waals surface area contributed by atoms with Gasteiger partial charge in [0.15, 0.2) is 0 Å². The number of benzene rings is 3. The molecule has 3 aromatic carbocycles. The average molecular weight is 352 g/mol. The van der Waals surface area contributed by atoms with Gasteiger partial charge < -0.3 is 0 Å². The summed E-state index contributed by atoms with van der Waals surface area (Å²) in [6, 6.07) is 34.1. The first kappa shape index (κ1) is 17.5. The summed E-state index contributed by atoms with van der Waals surface area (Å²) in [7, 11) is 0. The molecule has 3 aromatic rings. The van der Waals surface area contributed by atoms with E-state index < -0.39 is 0 Å². The van der Waals surface area contributed by atoms with Crippen LogP contribution in [-0.2, 0) is 18.5 Å². The molecule has 0 radical (unpaired) electrons. The Balaban J connectivity index is 1.52. The molecule has 0 aliphatic heterocycles. The molecule has 27 heavy (non-hydrogen) atoms. The van der Waals surface area contributed by atoms with Crippen LogP contribution in [0.5, 0.6) is 0 Å². The van der Waals surface area contributed by atoms with Crippen LogP contribution in [0.3, 0.4) is 0 Å². The van der Waals surface area contributed by atoms with E-state index in [9.17, 15) is 5.26 Å². The molecule has 1 aliphatic rings. The molecule has 0 bridgehead atoms. The Morgan fingerprint density at radius 3 is 1.74 bits per heavy atom. The fourth-order valence-electron chi connectivity index (χ4n) is 4.02. The van der Waals surface area contributed by atoms with Crippen molar-refractivity contribution in [3.63, 3.8) is 0 Å². The van der Waals surface area contributed by atoms with Gasteiger partial charge in [0.05, 0.1) is 11.5 Å². The van der Waals surface area contributed by atoms with Crippen LogP contribution in [0, 0.1) is 17.2 Å². The monoisotopic (exact) mass is 352 g/mol. The second kappa shape index (κ2) is 7.78. The number of hydrogen-bond acceptors (Lipinski definition) is 2. The van der Waals surface area contributed by atoms with Crippen molar-refractivity contribution in [2.75, 3.05) is 6.54 Å². The fourth-order valence-corrected chi connectivity index (χ4v) is 4.02. The standard InChI is InChI=1S/C25H24N2/c26-20-25(23-14-8-3-9-15-23)16-24(25)19-27(17-21-10-4-1-5-11-21)18-22-12-6-2-7-13-22/h1-15,24H,16-19H2/t24-,25-/m0/s1. The molecule has 0 heterocycles. The van der Waals surface area contributed by atoms with E-state index in [4.69, 9.17) is 0 Å². The SMILES string of the molecule is N#C[C@]1(c2ccccc2)C[C@H]1CN(Cc1ccccc1)Cc1ccccc1. The predicted molar refractivity (Wildman–Crippen MR) is 109 cm³/mol. The van der Waals surface area contributed by atoms with Gasteiger partial charge in [-0.15, -0.1) is 0 Å². The molecule has 1 fully saturated rings. The first-order chi connectivity index (χ1) is 13.3. The van der Waals surface area contributed by atoms with E-state index in [0.29, 0.717) is 5.92 Å². The lowest BCUT2D eigenvalue weighted by atomic mass is 9.94. The molecule has 1 saturated carbocycles. The third-order valence-corrected chi connectivity index (χ3v) is 5.57. The molecular weight excluding hydrogens is 328 g/mol. The van der Waals surface area contributed by atoms with Crippen LogP contribution in [0.25, 0.3) is 0 Å². The van der Waals surface area contributed by atoms with E-state index in [-0.39, 0.29) is 5.41 Å². The van der Waals surface area contributed by atoms with Crippen molar-refractivity contribution in [3.8, 4) is 6.07 Å². The Morgan fingerprint density at radius 1 is 0.778 bits per heavy atom. The van der Waals surface area contributed by atoms with Crippen LogP contribution in [0.4, 0.5) is 0 Å². The largest absolute Gasteiger partial charge is 0.294 e. The zero-order valence-corrected chi connectivity index (χ0v) is 15.5. The van der Waals surface area contributed by atoms with Crippen molar-refractivity contribution < 1.29 is 0 Å². The van der Waals surface area contributed by atoms with Gasteiger partial charge in [0.2, 0.25) is 0 Å². The van der Waals surface area contributed by atoms with Gasteiger partial charge in [-0.05, 0) is 29.0 Å². The van der Waals surface area contributed by atoms with Gasteiger partial charge >= 0.3 is 0 Å². The summed E-state index contributed by atoms with van der Waals surface area (Å²) in [5.74, 6) is 0.386. The van der Waals surface area contributed by atoms with E-state index >= 15 is 0 Å². The second-order valence-electron chi connectivity index (χ2n) is 7.49. The van der Waals surface area contributed by atoms with Gasteiger partial charge in [0, 0.05) is 19.6 Å². The van der Waals surface area contributed by atoms with Gasteiger partial charge in [-0.25, -0.2) is 0 Å². The van der Waals surface area contributed by atoms with Crippen LogP contribution in [-0.4, -0.2) is 11.4 Å². The molecule has 2 atom stereocenters. The van der Waals surface area contributed by atoms with Gasteiger partial charge in [-0.3, -0.25) is 4.90 Å². The Morgan fingerprint density at radius 2 is 1.26 bits per heavy atom. The molecule has 0 saturated heterocycles. The van der Waals surface area contributed by atoms with Crippen LogP contribution in [0.15, 0.2) is 91.0 Å². The normalized spacial score (nSPS) is 21.0. The van der Waals surface area contributed by atoms with Crippen molar-refractivity contribution in [2.24, 2.45) is 5.92 Å². The molecule has 0 amide bonds. The summed E-state index contributed by atoms with van der Waals surface area (Å²) in [5, 5.41) is 9.90. The Kier molecular flexibility index (Phi) is 5.05. The lowest BCUT2D eigenvalue weighted by Crippen LogP contribution is -2.27. The molecule has 0 spiro atoms. The van der Waals surface area contributed by atoms with Crippen molar-refractivity contribution in [1.29, 1.82) is 5.26 Å². The maximum absolute atomic E-state index is 9.90. The van der Waals surface area contributed by atoms with Crippen molar-refractivity contribution in [1.82, 2.24) is 4.90 Å². The fraction of sp³-hybridized carbons (Fsp3) is 0.240. The average Bonchev–Trinajstić information content (AvgIpc) is 3.44. The summed E-state index contributed by atoms with van der Waals surface area (Å²) >= 11 is 0. The minimum Gasteiger partial charge on any atom is -0.294 e. The van der Waals surface area contributed by atoms with Crippen LogP contribution < -0.4 is 0 Å². The van der Waals surface area contributed by atoms with Crippen LogP contribution in [0.2, 0.25) is 0 Å². The number of nitrogens with zero attached hydrogens (tertiary/aromatic N) is 2. The molecule has 0 unspecified atom stereocenters. The molecule has 0 N–H and O–H groups in total. The topological polar surface area (TPSA) is 27.0 Å². The lowest BCUT2D eigenvalue weighted by Gasteiger charge is -2.24. The van der Waals surface area contributed by atoms with Crippen molar-refractivity contribution in [2.45, 2.75) is 24.9 Å². The van der Waals surface area contributed by atoms with Crippen molar-refractivity contribution in [3.05, 3.63) is 108 Å². The first-order valence-corrected chi connectivity index (χ1v) is 9.57. The van der Waals surface area contributed by atoms with Gasteiger partial charge in [-0.1, -0.05) is 91.0 Å². The first-order valence-electron chi connectivity index (χ1n) is 9.57. The highest BCUT2D eigenvalue weighted by Gasteiger charge is 2.56. The molecule has 0 aromatic heterocycles. The summed E-state index contributed by atoms with van der Waals surface area (Å²) in [6.07, 6.45) is 0.952. The molecule has 2 nitrogen and oxygen atoms in total. The smallest absolute Gasteiger partial charge is 0.0867 e. The van der Waals surface area contributed by atoms with E-state index in [1.807, 2.05) is 18.2 Å². The number of rotatable bonds is 7. The quantitative estimate of drug-likeness (QED) is 0.586. The molecule has 2 heteroatoms. The second-order valence-corrected chi connectivity index (χ2v) is 7.49. The highest BCUT2D eigenvalue weighted by atomic mass is 15.1. The third-order valence-electron chi connectivity index (χ3n) is 5.57. The summed E-state index contributed by atoms with van der Waals surface area (Å²) in [6.45, 7) is 2.75. The van der Waals surface area contributed by atoms with Gasteiger partial charge in [-0.2, -0.15) is 5.26 Å². The Labute approximate surface area is 161 Å². The van der Waals surface area contributed by atoms with E-state index in [1.165, 1.54) is 11.1 Å². The Hall–Kier alpha value is -2.89. The van der Waals surface area contributed by atoms with Gasteiger partial charge in [0.25, 0.3) is 0 Å². The number of nitriles is 1. The zero-order chi connectivity index (χ0) is 18.5. The molecule has 134 valence electrons. The highest BCUT2D eigenvalue weighted by Crippen LogP contribution is 2.54. The Bertz CT molecular complexity index is 858. The van der Waals surface area contributed by atoms with Crippen LogP contribution >= 0.6 is 0 Å². The zero-order valence-electron chi connectivity index (χ0n) is 15.5. The maximum atomic E-state index is 9.90. The van der Waals surface area contributed by atoms with Crippen LogP contribution in [0.1, 0.15) is 23.1 Å². The maximum Gasteiger partial charge on any atom is 0.0867 e. The lowest BCUT2D eigenvalue weighted by molar-refractivity contribution is 0.241. The predicted octanol–water partition coefficient (Wildman–Crippen LogP) is 5.17. The molecule has 1 aliphatic carbocycles. The minimum absolute atomic E-state index is 0.313. The molecular formula is C25H24N2. The summed E-state index contributed by atoms with van der Waals surface area (Å²) in [5.41, 5.74) is 3.48. The highest BCUT2D eigenvalue weighted by molar-refractivity contribution is 5.41. The van der Waals surface area contributed by atoms with E-state index in [2.05, 4.69) is 83.8 Å². The van der Waals surface area contributed by atoms with Crippen molar-refractivity contribution >= 4 is 0 Å². The summed E-state index contributed by atoms with van der Waals surface area (Å²) < 4.78 is 0.